The highest BCUT2D eigenvalue weighted by atomic mass is 15.5. The number of rotatable bonds is 2. The zero-order valence-corrected chi connectivity index (χ0v) is 9.04. The van der Waals surface area contributed by atoms with Gasteiger partial charge in [0, 0.05) is 5.56 Å². The highest BCUT2D eigenvalue weighted by Gasteiger charge is 2.04. The summed E-state index contributed by atoms with van der Waals surface area (Å²) >= 11 is 0. The quantitative estimate of drug-likeness (QED) is 0.724. The largest absolute Gasteiger partial charge is 0.204 e. The molecule has 0 unspecified atom stereocenters. The molecule has 0 aliphatic rings. The van der Waals surface area contributed by atoms with Gasteiger partial charge in [0.2, 0.25) is 5.82 Å². The molecule has 82 valence electrons. The molecule has 0 amide bonds. The van der Waals surface area contributed by atoms with Gasteiger partial charge in [0.15, 0.2) is 0 Å². The van der Waals surface area contributed by atoms with Crippen LogP contribution in [0.3, 0.4) is 0 Å². The van der Waals surface area contributed by atoms with Gasteiger partial charge in [-0.2, -0.15) is 5.21 Å². The van der Waals surface area contributed by atoms with Gasteiger partial charge in [0.1, 0.15) is 0 Å². The van der Waals surface area contributed by atoms with E-state index in [-0.39, 0.29) is 0 Å². The Kier molecular flexibility index (Phi) is 2.38. The molecular formula is C13H10N4. The van der Waals surface area contributed by atoms with Crippen LogP contribution in [0.2, 0.25) is 0 Å². The molecule has 4 heteroatoms. The second-order valence-electron chi connectivity index (χ2n) is 3.68. The molecule has 1 N–H and O–H groups in total. The molecule has 0 radical (unpaired) electrons. The third-order valence-electron chi connectivity index (χ3n) is 2.57. The van der Waals surface area contributed by atoms with E-state index in [0.717, 1.165) is 11.1 Å². The normalized spacial score (nSPS) is 10.4. The van der Waals surface area contributed by atoms with Crippen molar-refractivity contribution in [2.75, 3.05) is 0 Å². The van der Waals surface area contributed by atoms with Crippen LogP contribution in [-0.4, -0.2) is 20.6 Å². The number of hydrogen-bond donors (Lipinski definition) is 1. The Balaban J connectivity index is 2.06. The number of nitrogens with zero attached hydrogens (tertiary/aromatic N) is 3. The first-order valence-corrected chi connectivity index (χ1v) is 5.33. The van der Waals surface area contributed by atoms with E-state index < -0.39 is 0 Å². The summed E-state index contributed by atoms with van der Waals surface area (Å²) in [6.07, 6.45) is 0. The lowest BCUT2D eigenvalue weighted by molar-refractivity contribution is 0.881. The molecule has 0 atom stereocenters. The maximum absolute atomic E-state index is 3.97. The van der Waals surface area contributed by atoms with Gasteiger partial charge in [-0.1, -0.05) is 48.5 Å². The van der Waals surface area contributed by atoms with E-state index in [1.54, 1.807) is 0 Å². The molecule has 3 rings (SSSR count). The summed E-state index contributed by atoms with van der Waals surface area (Å²) in [5, 5.41) is 14.0. The number of benzene rings is 2. The second-order valence-corrected chi connectivity index (χ2v) is 3.68. The molecule has 1 heterocycles. The Bertz CT molecular complexity index is 602. The zero-order valence-electron chi connectivity index (χ0n) is 9.04. The molecule has 2 aromatic carbocycles. The highest BCUT2D eigenvalue weighted by Crippen LogP contribution is 2.23. The van der Waals surface area contributed by atoms with E-state index >= 15 is 0 Å². The number of tetrazole rings is 1. The van der Waals surface area contributed by atoms with Gasteiger partial charge in [-0.15, -0.1) is 10.2 Å². The van der Waals surface area contributed by atoms with Gasteiger partial charge < -0.3 is 0 Å². The Labute approximate surface area is 98.3 Å². The summed E-state index contributed by atoms with van der Waals surface area (Å²) < 4.78 is 0. The van der Waals surface area contributed by atoms with E-state index in [2.05, 4.69) is 44.9 Å². The molecule has 0 bridgehead atoms. The highest BCUT2D eigenvalue weighted by molar-refractivity contribution is 5.69. The summed E-state index contributed by atoms with van der Waals surface area (Å²) in [5.74, 6) is 0.614. The minimum absolute atomic E-state index is 0.614. The fourth-order valence-corrected chi connectivity index (χ4v) is 1.75. The molecule has 0 aliphatic carbocycles. The first-order chi connectivity index (χ1) is 8.43. The smallest absolute Gasteiger partial charge is 0.177 e. The molecule has 0 saturated carbocycles. The van der Waals surface area contributed by atoms with Crippen LogP contribution < -0.4 is 0 Å². The predicted molar refractivity (Wildman–Crippen MR) is 65.0 cm³/mol. The molecule has 4 nitrogen and oxygen atoms in total. The van der Waals surface area contributed by atoms with Crippen molar-refractivity contribution in [1.29, 1.82) is 0 Å². The van der Waals surface area contributed by atoms with Crippen LogP contribution in [-0.2, 0) is 0 Å². The maximum atomic E-state index is 3.97. The van der Waals surface area contributed by atoms with Crippen molar-refractivity contribution in [2.24, 2.45) is 0 Å². The summed E-state index contributed by atoms with van der Waals surface area (Å²) in [6, 6.07) is 18.3. The summed E-state index contributed by atoms with van der Waals surface area (Å²) in [5.41, 5.74) is 3.28. The maximum Gasteiger partial charge on any atom is 0.204 e. The second kappa shape index (κ2) is 4.17. The zero-order chi connectivity index (χ0) is 11.5. The van der Waals surface area contributed by atoms with Crippen LogP contribution in [0.15, 0.2) is 54.6 Å². The van der Waals surface area contributed by atoms with E-state index in [1.807, 2.05) is 30.3 Å². The summed E-state index contributed by atoms with van der Waals surface area (Å²) in [7, 11) is 0. The van der Waals surface area contributed by atoms with Crippen LogP contribution in [0.25, 0.3) is 22.5 Å². The molecule has 17 heavy (non-hydrogen) atoms. The molecule has 3 aromatic rings. The molecular weight excluding hydrogens is 212 g/mol. The van der Waals surface area contributed by atoms with Crippen LogP contribution in [0, 0.1) is 0 Å². The van der Waals surface area contributed by atoms with E-state index in [1.165, 1.54) is 5.56 Å². The fraction of sp³-hybridized carbons (Fsp3) is 0. The number of H-pyrrole nitrogens is 1. The first-order valence-electron chi connectivity index (χ1n) is 5.33. The number of hydrogen-bond acceptors (Lipinski definition) is 3. The van der Waals surface area contributed by atoms with Crippen molar-refractivity contribution >= 4 is 0 Å². The van der Waals surface area contributed by atoms with Crippen molar-refractivity contribution in [3.05, 3.63) is 54.6 Å². The minimum atomic E-state index is 0.614. The number of nitrogens with one attached hydrogen (secondary N) is 1. The fourth-order valence-electron chi connectivity index (χ4n) is 1.75. The van der Waals surface area contributed by atoms with Crippen molar-refractivity contribution in [1.82, 2.24) is 20.6 Å². The lowest BCUT2D eigenvalue weighted by Crippen LogP contribution is -1.83. The number of aromatic amines is 1. The van der Waals surface area contributed by atoms with Crippen molar-refractivity contribution in [3.8, 4) is 22.5 Å². The van der Waals surface area contributed by atoms with Crippen molar-refractivity contribution < 1.29 is 0 Å². The molecule has 0 aliphatic heterocycles. The van der Waals surface area contributed by atoms with Gasteiger partial charge >= 0.3 is 0 Å². The van der Waals surface area contributed by atoms with Gasteiger partial charge in [-0.05, 0) is 22.4 Å². The van der Waals surface area contributed by atoms with Crippen LogP contribution >= 0.6 is 0 Å². The van der Waals surface area contributed by atoms with Gasteiger partial charge in [-0.3, -0.25) is 0 Å². The Morgan fingerprint density at radius 1 is 0.765 bits per heavy atom. The van der Waals surface area contributed by atoms with Crippen molar-refractivity contribution in [3.63, 3.8) is 0 Å². The number of aromatic nitrogens is 4. The van der Waals surface area contributed by atoms with Gasteiger partial charge in [0.25, 0.3) is 0 Å². The SMILES string of the molecule is c1ccc(-c2cccc(-c3nn[nH]n3)c2)cc1. The molecule has 0 saturated heterocycles. The lowest BCUT2D eigenvalue weighted by Gasteiger charge is -2.02. The average molecular weight is 222 g/mol. The predicted octanol–water partition coefficient (Wildman–Crippen LogP) is 2.53. The minimum Gasteiger partial charge on any atom is -0.177 e. The van der Waals surface area contributed by atoms with Crippen LogP contribution in [0.5, 0.6) is 0 Å². The third-order valence-corrected chi connectivity index (χ3v) is 2.57. The summed E-state index contributed by atoms with van der Waals surface area (Å²) in [6.45, 7) is 0. The lowest BCUT2D eigenvalue weighted by atomic mass is 10.0. The Morgan fingerprint density at radius 3 is 2.29 bits per heavy atom. The third kappa shape index (κ3) is 1.92. The van der Waals surface area contributed by atoms with Crippen molar-refractivity contribution in [2.45, 2.75) is 0 Å². The molecule has 1 aromatic heterocycles. The average Bonchev–Trinajstić information content (AvgIpc) is 2.94. The topological polar surface area (TPSA) is 54.5 Å². The van der Waals surface area contributed by atoms with Gasteiger partial charge in [0.05, 0.1) is 0 Å². The molecule has 0 fully saturated rings. The Hall–Kier alpha value is -2.49. The van der Waals surface area contributed by atoms with Gasteiger partial charge in [-0.25, -0.2) is 0 Å². The summed E-state index contributed by atoms with van der Waals surface area (Å²) in [4.78, 5) is 0. The van der Waals surface area contributed by atoms with E-state index in [4.69, 9.17) is 0 Å². The van der Waals surface area contributed by atoms with Crippen LogP contribution in [0.1, 0.15) is 0 Å². The van der Waals surface area contributed by atoms with E-state index in [9.17, 15) is 0 Å². The Morgan fingerprint density at radius 2 is 1.53 bits per heavy atom. The standard InChI is InChI=1S/C13H10N4/c1-2-5-10(6-3-1)11-7-4-8-12(9-11)13-14-16-17-15-13/h1-9H,(H,14,15,16,17). The first kappa shape index (κ1) is 9.72. The van der Waals surface area contributed by atoms with E-state index in [0.29, 0.717) is 5.82 Å². The molecule has 0 spiro atoms. The monoisotopic (exact) mass is 222 g/mol. The van der Waals surface area contributed by atoms with Crippen LogP contribution in [0.4, 0.5) is 0 Å².